The maximum absolute atomic E-state index is 10.7. The van der Waals surface area contributed by atoms with Crippen molar-refractivity contribution in [2.75, 3.05) is 6.54 Å². The molecular formula is C10H14BrN3O3. The molecule has 7 heteroatoms. The monoisotopic (exact) mass is 303 g/mol. The zero-order valence-electron chi connectivity index (χ0n) is 9.10. The van der Waals surface area contributed by atoms with Crippen LogP contribution in [0.1, 0.15) is 24.4 Å². The van der Waals surface area contributed by atoms with Crippen LogP contribution in [0.15, 0.2) is 16.6 Å². The first-order valence-corrected chi connectivity index (χ1v) is 5.89. The Morgan fingerprint density at radius 2 is 2.18 bits per heavy atom. The quantitative estimate of drug-likeness (QED) is 0.566. The van der Waals surface area contributed by atoms with Gasteiger partial charge in [0.15, 0.2) is 0 Å². The molecule has 0 aliphatic carbocycles. The van der Waals surface area contributed by atoms with E-state index in [4.69, 9.17) is 11.5 Å². The molecular weight excluding hydrogens is 290 g/mol. The molecule has 0 bridgehead atoms. The fourth-order valence-corrected chi connectivity index (χ4v) is 1.95. The third kappa shape index (κ3) is 3.39. The third-order valence-corrected chi connectivity index (χ3v) is 3.01. The highest BCUT2D eigenvalue weighted by Gasteiger charge is 2.18. The van der Waals surface area contributed by atoms with Crippen LogP contribution in [0.3, 0.4) is 0 Å². The summed E-state index contributed by atoms with van der Waals surface area (Å²) in [5.74, 6) is -0.0554. The molecule has 0 aliphatic rings. The van der Waals surface area contributed by atoms with E-state index in [2.05, 4.69) is 15.9 Å². The minimum atomic E-state index is -0.524. The lowest BCUT2D eigenvalue weighted by Gasteiger charge is -2.13. The highest BCUT2D eigenvalue weighted by atomic mass is 79.9. The molecule has 1 aromatic rings. The number of phenolic OH excluding ortho intramolecular Hbond substituents is 1. The maximum atomic E-state index is 10.7. The summed E-state index contributed by atoms with van der Waals surface area (Å²) in [6, 6.07) is 2.07. The van der Waals surface area contributed by atoms with Crippen LogP contribution in [0.5, 0.6) is 5.75 Å². The lowest BCUT2D eigenvalue weighted by atomic mass is 10.0. The number of hydrogen-bond acceptors (Lipinski definition) is 5. The fraction of sp³-hybridized carbons (Fsp3) is 0.400. The van der Waals surface area contributed by atoms with Crippen LogP contribution in [-0.2, 0) is 0 Å². The number of nitro groups is 1. The molecule has 0 saturated heterocycles. The van der Waals surface area contributed by atoms with Crippen molar-refractivity contribution in [1.29, 1.82) is 0 Å². The predicted molar refractivity (Wildman–Crippen MR) is 67.7 cm³/mol. The number of rotatable bonds is 5. The van der Waals surface area contributed by atoms with Crippen LogP contribution in [0.4, 0.5) is 5.69 Å². The Morgan fingerprint density at radius 1 is 1.53 bits per heavy atom. The van der Waals surface area contributed by atoms with Crippen molar-refractivity contribution >= 4 is 21.6 Å². The van der Waals surface area contributed by atoms with Gasteiger partial charge in [0.1, 0.15) is 5.75 Å². The number of non-ortho nitro benzene ring substituents is 1. The first kappa shape index (κ1) is 13.9. The molecule has 0 unspecified atom stereocenters. The van der Waals surface area contributed by atoms with E-state index < -0.39 is 11.0 Å². The summed E-state index contributed by atoms with van der Waals surface area (Å²) >= 11 is 3.07. The van der Waals surface area contributed by atoms with Gasteiger partial charge in [-0.25, -0.2) is 0 Å². The van der Waals surface area contributed by atoms with Gasteiger partial charge in [0.25, 0.3) is 5.69 Å². The summed E-state index contributed by atoms with van der Waals surface area (Å²) in [5, 5.41) is 20.5. The summed E-state index contributed by atoms with van der Waals surface area (Å²) in [6.45, 7) is 0.491. The Hall–Kier alpha value is -1.18. The summed E-state index contributed by atoms with van der Waals surface area (Å²) in [6.07, 6.45) is 1.26. The van der Waals surface area contributed by atoms with E-state index in [9.17, 15) is 15.2 Å². The number of benzene rings is 1. The van der Waals surface area contributed by atoms with Crippen LogP contribution >= 0.6 is 15.9 Å². The lowest BCUT2D eigenvalue weighted by molar-refractivity contribution is -0.385. The predicted octanol–water partition coefficient (Wildman–Crippen LogP) is 1.80. The molecule has 94 valence electrons. The van der Waals surface area contributed by atoms with Gasteiger partial charge in [0.05, 0.1) is 9.40 Å². The number of phenols is 1. The average molecular weight is 304 g/mol. The van der Waals surface area contributed by atoms with E-state index in [1.54, 1.807) is 0 Å². The highest BCUT2D eigenvalue weighted by molar-refractivity contribution is 9.10. The van der Waals surface area contributed by atoms with E-state index in [0.29, 0.717) is 24.9 Å². The zero-order chi connectivity index (χ0) is 13.0. The van der Waals surface area contributed by atoms with Gasteiger partial charge >= 0.3 is 0 Å². The first-order chi connectivity index (χ1) is 7.97. The Kier molecular flexibility index (Phi) is 4.86. The van der Waals surface area contributed by atoms with E-state index in [1.807, 2.05) is 0 Å². The lowest BCUT2D eigenvalue weighted by Crippen LogP contribution is -2.13. The Balaban J connectivity index is 3.08. The van der Waals surface area contributed by atoms with Gasteiger partial charge in [-0.2, -0.15) is 0 Å². The van der Waals surface area contributed by atoms with E-state index in [0.717, 1.165) is 0 Å². The molecule has 0 aliphatic heterocycles. The molecule has 0 saturated carbocycles. The molecule has 0 heterocycles. The van der Waals surface area contributed by atoms with E-state index in [1.165, 1.54) is 12.1 Å². The van der Waals surface area contributed by atoms with Crippen molar-refractivity contribution in [3.05, 3.63) is 32.3 Å². The van der Waals surface area contributed by atoms with E-state index >= 15 is 0 Å². The highest BCUT2D eigenvalue weighted by Crippen LogP contribution is 2.36. The number of hydrogen-bond donors (Lipinski definition) is 3. The van der Waals surface area contributed by atoms with Crippen molar-refractivity contribution in [3.8, 4) is 5.75 Å². The topological polar surface area (TPSA) is 115 Å². The molecule has 1 aromatic carbocycles. The standard InChI is InChI=1S/C10H14BrN3O3/c11-8-5-6(14(16)17)4-7(10(8)15)9(13)2-1-3-12/h4-5,9,15H,1-3,12-13H2/t9-/m1/s1. The molecule has 0 fully saturated rings. The maximum Gasteiger partial charge on any atom is 0.271 e. The number of nitrogens with two attached hydrogens (primary N) is 2. The molecule has 0 aromatic heterocycles. The summed E-state index contributed by atoms with van der Waals surface area (Å²) in [5.41, 5.74) is 11.5. The molecule has 1 atom stereocenters. The van der Waals surface area contributed by atoms with Crippen molar-refractivity contribution in [1.82, 2.24) is 0 Å². The fourth-order valence-electron chi connectivity index (χ4n) is 1.49. The second-order valence-corrected chi connectivity index (χ2v) is 4.51. The van der Waals surface area contributed by atoms with Gasteiger partial charge in [0, 0.05) is 23.7 Å². The Morgan fingerprint density at radius 3 is 2.71 bits per heavy atom. The second kappa shape index (κ2) is 5.95. The van der Waals surface area contributed by atoms with E-state index in [-0.39, 0.29) is 15.9 Å². The molecule has 6 nitrogen and oxygen atoms in total. The molecule has 1 rings (SSSR count). The smallest absolute Gasteiger partial charge is 0.271 e. The summed E-state index contributed by atoms with van der Waals surface area (Å²) in [7, 11) is 0. The molecule has 0 radical (unpaired) electrons. The van der Waals surface area contributed by atoms with Gasteiger partial charge in [-0.15, -0.1) is 0 Å². The average Bonchev–Trinajstić information content (AvgIpc) is 2.29. The van der Waals surface area contributed by atoms with Crippen molar-refractivity contribution in [2.24, 2.45) is 11.5 Å². The van der Waals surface area contributed by atoms with Gasteiger partial charge < -0.3 is 16.6 Å². The summed E-state index contributed by atoms with van der Waals surface area (Å²) < 4.78 is 0.268. The van der Waals surface area contributed by atoms with Gasteiger partial charge in [-0.1, -0.05) is 0 Å². The number of halogens is 1. The molecule has 17 heavy (non-hydrogen) atoms. The molecule has 5 N–H and O–H groups in total. The van der Waals surface area contributed by atoms with Crippen molar-refractivity contribution in [3.63, 3.8) is 0 Å². The van der Waals surface area contributed by atoms with Gasteiger partial charge in [-0.3, -0.25) is 10.1 Å². The number of nitro benzene ring substituents is 1. The minimum Gasteiger partial charge on any atom is -0.506 e. The number of nitrogens with zero attached hydrogens (tertiary/aromatic N) is 1. The Bertz CT molecular complexity index is 426. The van der Waals surface area contributed by atoms with Crippen LogP contribution in [0, 0.1) is 10.1 Å². The van der Waals surface area contributed by atoms with Crippen LogP contribution < -0.4 is 11.5 Å². The van der Waals surface area contributed by atoms with Crippen LogP contribution in [-0.4, -0.2) is 16.6 Å². The van der Waals surface area contributed by atoms with Crippen molar-refractivity contribution < 1.29 is 10.0 Å². The SMILES string of the molecule is NCCC[C@@H](N)c1cc([N+](=O)[O-])cc(Br)c1O. The molecule has 0 spiro atoms. The first-order valence-electron chi connectivity index (χ1n) is 5.09. The van der Waals surface area contributed by atoms with Crippen molar-refractivity contribution in [2.45, 2.75) is 18.9 Å². The van der Waals surface area contributed by atoms with Crippen LogP contribution in [0.25, 0.3) is 0 Å². The van der Waals surface area contributed by atoms with Gasteiger partial charge in [0.2, 0.25) is 0 Å². The third-order valence-electron chi connectivity index (χ3n) is 2.41. The second-order valence-electron chi connectivity index (χ2n) is 3.66. The molecule has 0 amide bonds. The van der Waals surface area contributed by atoms with Crippen LogP contribution in [0.2, 0.25) is 0 Å². The Labute approximate surface area is 107 Å². The normalized spacial score (nSPS) is 12.4. The minimum absolute atomic E-state index is 0.0554. The number of aromatic hydroxyl groups is 1. The van der Waals surface area contributed by atoms with Gasteiger partial charge in [-0.05, 0) is 35.3 Å². The largest absolute Gasteiger partial charge is 0.506 e. The summed E-state index contributed by atoms with van der Waals surface area (Å²) in [4.78, 5) is 10.2. The zero-order valence-corrected chi connectivity index (χ0v) is 10.7.